The van der Waals surface area contributed by atoms with Crippen molar-refractivity contribution in [2.75, 3.05) is 6.61 Å². The maximum absolute atomic E-state index is 6.12. The van der Waals surface area contributed by atoms with E-state index in [1.54, 1.807) is 0 Å². The van der Waals surface area contributed by atoms with Crippen molar-refractivity contribution in [1.82, 2.24) is 0 Å². The van der Waals surface area contributed by atoms with E-state index in [1.165, 1.54) is 32.1 Å². The van der Waals surface area contributed by atoms with Crippen molar-refractivity contribution >= 4 is 11.6 Å². The van der Waals surface area contributed by atoms with E-state index in [0.717, 1.165) is 25.4 Å². The van der Waals surface area contributed by atoms with Gasteiger partial charge in [0.2, 0.25) is 0 Å². The Labute approximate surface area is 85.8 Å². The van der Waals surface area contributed by atoms with Crippen molar-refractivity contribution in [1.29, 1.82) is 0 Å². The van der Waals surface area contributed by atoms with E-state index < -0.39 is 0 Å². The highest BCUT2D eigenvalue weighted by atomic mass is 35.5. The zero-order valence-corrected chi connectivity index (χ0v) is 8.93. The quantitative estimate of drug-likeness (QED) is 0.624. The Morgan fingerprint density at radius 2 is 1.92 bits per heavy atom. The van der Waals surface area contributed by atoms with E-state index in [0.29, 0.717) is 11.5 Å². The SMILES string of the molecule is ClC1CCOC(CC2CCCC2)C1. The van der Waals surface area contributed by atoms with Gasteiger partial charge in [-0.1, -0.05) is 25.7 Å². The molecule has 1 aliphatic carbocycles. The van der Waals surface area contributed by atoms with Gasteiger partial charge >= 0.3 is 0 Å². The van der Waals surface area contributed by atoms with Crippen LogP contribution < -0.4 is 0 Å². The van der Waals surface area contributed by atoms with Crippen molar-refractivity contribution in [3.8, 4) is 0 Å². The zero-order chi connectivity index (χ0) is 9.10. The normalized spacial score (nSPS) is 36.7. The van der Waals surface area contributed by atoms with E-state index in [4.69, 9.17) is 16.3 Å². The van der Waals surface area contributed by atoms with E-state index in [2.05, 4.69) is 0 Å². The molecule has 2 unspecified atom stereocenters. The molecule has 1 saturated carbocycles. The highest BCUT2D eigenvalue weighted by molar-refractivity contribution is 6.20. The lowest BCUT2D eigenvalue weighted by Crippen LogP contribution is -2.27. The van der Waals surface area contributed by atoms with Crippen LogP contribution in [0.15, 0.2) is 0 Å². The average Bonchev–Trinajstić information content (AvgIpc) is 2.57. The smallest absolute Gasteiger partial charge is 0.0591 e. The van der Waals surface area contributed by atoms with Gasteiger partial charge < -0.3 is 4.74 Å². The molecule has 0 spiro atoms. The first-order valence-corrected chi connectivity index (χ1v) is 6.04. The summed E-state index contributed by atoms with van der Waals surface area (Å²) in [5, 5.41) is 0.375. The van der Waals surface area contributed by atoms with Crippen LogP contribution in [0.1, 0.15) is 44.9 Å². The number of alkyl halides is 1. The monoisotopic (exact) mass is 202 g/mol. The second-order valence-electron chi connectivity index (χ2n) is 4.50. The van der Waals surface area contributed by atoms with Gasteiger partial charge in [-0.05, 0) is 25.2 Å². The predicted molar refractivity (Wildman–Crippen MR) is 55.2 cm³/mol. The molecule has 2 aliphatic rings. The van der Waals surface area contributed by atoms with Gasteiger partial charge in [0.25, 0.3) is 0 Å². The summed E-state index contributed by atoms with van der Waals surface area (Å²) in [4.78, 5) is 0. The largest absolute Gasteiger partial charge is 0.378 e. The third-order valence-electron chi connectivity index (χ3n) is 3.37. The minimum absolute atomic E-state index is 0.375. The first-order chi connectivity index (χ1) is 6.34. The van der Waals surface area contributed by atoms with Crippen LogP contribution in [-0.4, -0.2) is 18.1 Å². The maximum Gasteiger partial charge on any atom is 0.0591 e. The molecule has 2 atom stereocenters. The van der Waals surface area contributed by atoms with Gasteiger partial charge in [0, 0.05) is 12.0 Å². The standard InChI is InChI=1S/C11H19ClO/c12-10-5-6-13-11(8-10)7-9-3-1-2-4-9/h9-11H,1-8H2. The third kappa shape index (κ3) is 2.85. The number of ether oxygens (including phenoxy) is 1. The molecule has 1 aliphatic heterocycles. The van der Waals surface area contributed by atoms with Crippen LogP contribution in [0, 0.1) is 5.92 Å². The predicted octanol–water partition coefficient (Wildman–Crippen LogP) is 3.35. The summed E-state index contributed by atoms with van der Waals surface area (Å²) >= 11 is 6.12. The van der Waals surface area contributed by atoms with Crippen LogP contribution in [0.3, 0.4) is 0 Å². The summed E-state index contributed by atoms with van der Waals surface area (Å²) in [5.74, 6) is 0.937. The van der Waals surface area contributed by atoms with Crippen LogP contribution >= 0.6 is 11.6 Å². The average molecular weight is 203 g/mol. The van der Waals surface area contributed by atoms with Crippen molar-refractivity contribution in [2.24, 2.45) is 5.92 Å². The van der Waals surface area contributed by atoms with Crippen molar-refractivity contribution in [3.05, 3.63) is 0 Å². The molecule has 0 aromatic carbocycles. The Bertz CT molecular complexity index is 154. The molecule has 2 rings (SSSR count). The van der Waals surface area contributed by atoms with Gasteiger partial charge in [0.1, 0.15) is 0 Å². The lowest BCUT2D eigenvalue weighted by molar-refractivity contribution is 0.00377. The summed E-state index contributed by atoms with van der Waals surface area (Å²) in [6.45, 7) is 0.881. The molecule has 0 N–H and O–H groups in total. The highest BCUT2D eigenvalue weighted by Gasteiger charge is 2.25. The van der Waals surface area contributed by atoms with Crippen LogP contribution in [0.4, 0.5) is 0 Å². The highest BCUT2D eigenvalue weighted by Crippen LogP contribution is 2.32. The third-order valence-corrected chi connectivity index (χ3v) is 3.77. The second kappa shape index (κ2) is 4.65. The van der Waals surface area contributed by atoms with Crippen LogP contribution in [-0.2, 0) is 4.74 Å². The van der Waals surface area contributed by atoms with Gasteiger partial charge in [0.05, 0.1) is 6.10 Å². The van der Waals surface area contributed by atoms with Crippen molar-refractivity contribution < 1.29 is 4.74 Å². The fourth-order valence-corrected chi connectivity index (χ4v) is 2.90. The molecule has 0 aromatic rings. The molecular weight excluding hydrogens is 184 g/mol. The molecule has 13 heavy (non-hydrogen) atoms. The van der Waals surface area contributed by atoms with E-state index in [-0.39, 0.29) is 0 Å². The topological polar surface area (TPSA) is 9.23 Å². The molecule has 1 saturated heterocycles. The van der Waals surface area contributed by atoms with E-state index in [1.807, 2.05) is 0 Å². The maximum atomic E-state index is 6.12. The number of halogens is 1. The minimum atomic E-state index is 0.375. The lowest BCUT2D eigenvalue weighted by atomic mass is 9.95. The van der Waals surface area contributed by atoms with Gasteiger partial charge in [0.15, 0.2) is 0 Å². The molecule has 2 heteroatoms. The summed E-state index contributed by atoms with van der Waals surface area (Å²) in [6.07, 6.45) is 9.58. The molecule has 1 heterocycles. The van der Waals surface area contributed by atoms with Crippen molar-refractivity contribution in [3.63, 3.8) is 0 Å². The first kappa shape index (κ1) is 9.79. The van der Waals surface area contributed by atoms with Crippen LogP contribution in [0.25, 0.3) is 0 Å². The Morgan fingerprint density at radius 1 is 1.15 bits per heavy atom. The van der Waals surface area contributed by atoms with Crippen LogP contribution in [0.2, 0.25) is 0 Å². The molecule has 0 amide bonds. The Kier molecular flexibility index (Phi) is 3.51. The summed E-state index contributed by atoms with van der Waals surface area (Å²) in [5.41, 5.74) is 0. The van der Waals surface area contributed by atoms with Crippen molar-refractivity contribution in [2.45, 2.75) is 56.4 Å². The zero-order valence-electron chi connectivity index (χ0n) is 8.18. The molecule has 76 valence electrons. The molecule has 1 nitrogen and oxygen atoms in total. The minimum Gasteiger partial charge on any atom is -0.378 e. The molecule has 0 radical (unpaired) electrons. The van der Waals surface area contributed by atoms with E-state index in [9.17, 15) is 0 Å². The lowest BCUT2D eigenvalue weighted by Gasteiger charge is -2.28. The van der Waals surface area contributed by atoms with Gasteiger partial charge in [-0.3, -0.25) is 0 Å². The Morgan fingerprint density at radius 3 is 2.62 bits per heavy atom. The van der Waals surface area contributed by atoms with E-state index >= 15 is 0 Å². The van der Waals surface area contributed by atoms with Crippen LogP contribution in [0.5, 0.6) is 0 Å². The van der Waals surface area contributed by atoms with Gasteiger partial charge in [-0.15, -0.1) is 11.6 Å². The molecular formula is C11H19ClO. The number of hydrogen-bond acceptors (Lipinski definition) is 1. The summed E-state index contributed by atoms with van der Waals surface area (Å²) in [6, 6.07) is 0. The summed E-state index contributed by atoms with van der Waals surface area (Å²) < 4.78 is 5.73. The molecule has 0 bridgehead atoms. The van der Waals surface area contributed by atoms with Gasteiger partial charge in [-0.2, -0.15) is 0 Å². The fraction of sp³-hybridized carbons (Fsp3) is 1.00. The molecule has 2 fully saturated rings. The molecule has 0 aromatic heterocycles. The Hall–Kier alpha value is 0.250. The first-order valence-electron chi connectivity index (χ1n) is 5.60. The second-order valence-corrected chi connectivity index (χ2v) is 5.12. The summed E-state index contributed by atoms with van der Waals surface area (Å²) in [7, 11) is 0. The Balaban J connectivity index is 1.73. The number of rotatable bonds is 2. The number of hydrogen-bond donors (Lipinski definition) is 0. The fourth-order valence-electron chi connectivity index (χ4n) is 2.62. The van der Waals surface area contributed by atoms with Gasteiger partial charge in [-0.25, -0.2) is 0 Å².